The van der Waals surface area contributed by atoms with E-state index in [2.05, 4.69) is 35.4 Å². The number of aliphatic hydroxyl groups excluding tert-OH is 1. The van der Waals surface area contributed by atoms with Gasteiger partial charge in [-0.2, -0.15) is 0 Å². The minimum Gasteiger partial charge on any atom is -0.394 e. The summed E-state index contributed by atoms with van der Waals surface area (Å²) in [4.78, 5) is 19.9. The Bertz CT molecular complexity index is 962. The number of anilines is 3. The molecule has 2 aromatic rings. The van der Waals surface area contributed by atoms with Crippen molar-refractivity contribution in [2.75, 3.05) is 30.0 Å². The van der Waals surface area contributed by atoms with Crippen molar-refractivity contribution in [1.29, 1.82) is 0 Å². The molecule has 7 heteroatoms. The highest BCUT2D eigenvalue weighted by Crippen LogP contribution is 2.40. The molecule has 0 unspecified atom stereocenters. The predicted octanol–water partition coefficient (Wildman–Crippen LogP) is 4.62. The predicted molar refractivity (Wildman–Crippen MR) is 131 cm³/mol. The van der Waals surface area contributed by atoms with Crippen LogP contribution < -0.4 is 10.2 Å². The number of fused-ring (bicyclic) bond motifs is 2. The van der Waals surface area contributed by atoms with Gasteiger partial charge in [0.2, 0.25) is 0 Å². The Morgan fingerprint density at radius 3 is 2.79 bits per heavy atom. The Balaban J connectivity index is 0.000000603. The molecule has 180 valence electrons. The van der Waals surface area contributed by atoms with Crippen LogP contribution in [0.4, 0.5) is 17.2 Å². The number of carbonyl (C=O) groups is 1. The second kappa shape index (κ2) is 10.6. The van der Waals surface area contributed by atoms with Gasteiger partial charge in [-0.1, -0.05) is 19.1 Å². The van der Waals surface area contributed by atoms with Gasteiger partial charge in [-0.3, -0.25) is 4.79 Å². The number of rotatable bonds is 2. The molecule has 4 heterocycles. The van der Waals surface area contributed by atoms with Gasteiger partial charge in [0.1, 0.15) is 11.9 Å². The molecule has 7 nitrogen and oxygen atoms in total. The first-order chi connectivity index (χ1) is 15.9. The number of ether oxygens (including phenoxy) is 2. The summed E-state index contributed by atoms with van der Waals surface area (Å²) in [7, 11) is 0. The van der Waals surface area contributed by atoms with Crippen molar-refractivity contribution in [3.05, 3.63) is 47.7 Å². The van der Waals surface area contributed by atoms with E-state index >= 15 is 0 Å². The first-order valence-corrected chi connectivity index (χ1v) is 12.0. The van der Waals surface area contributed by atoms with Gasteiger partial charge in [-0.25, -0.2) is 4.98 Å². The van der Waals surface area contributed by atoms with Crippen molar-refractivity contribution in [1.82, 2.24) is 4.98 Å². The molecular weight excluding hydrogens is 418 g/mol. The second-order valence-corrected chi connectivity index (χ2v) is 9.41. The standard InChI is InChI=1S/C23H27N3O3.C3H8O.H2/c1-15-13-28-14-18(15)16-7-8-19-20(11-16)26(23(27)21-6-2-3-10-29-21)12-17-5-4-9-24-22(17)25-19;1-3(2)4;/h4-5,7-9,11,15,18,21H,2-3,6,10,12-14H2,1H3,(H,24,25);3-4H,1-2H3;1H/t15-,18+,21+;;/m0../s1. The lowest BCUT2D eigenvalue weighted by molar-refractivity contribution is -0.132. The summed E-state index contributed by atoms with van der Waals surface area (Å²) in [5.41, 5.74) is 4.03. The molecule has 1 aromatic heterocycles. The van der Waals surface area contributed by atoms with E-state index in [1.165, 1.54) is 5.56 Å². The monoisotopic (exact) mass is 455 g/mol. The molecule has 1 aromatic carbocycles. The maximum Gasteiger partial charge on any atom is 0.256 e. The van der Waals surface area contributed by atoms with Gasteiger partial charge in [0.05, 0.1) is 24.5 Å². The molecule has 0 bridgehead atoms. The summed E-state index contributed by atoms with van der Waals surface area (Å²) >= 11 is 0. The number of nitrogens with zero attached hydrogens (tertiary/aromatic N) is 2. The smallest absolute Gasteiger partial charge is 0.256 e. The van der Waals surface area contributed by atoms with E-state index in [0.29, 0.717) is 25.0 Å². The number of aliphatic hydroxyl groups is 1. The maximum atomic E-state index is 13.5. The van der Waals surface area contributed by atoms with Gasteiger partial charge in [-0.15, -0.1) is 0 Å². The molecule has 3 atom stereocenters. The summed E-state index contributed by atoms with van der Waals surface area (Å²) in [5, 5.41) is 11.5. The lowest BCUT2D eigenvalue weighted by Gasteiger charge is -2.30. The van der Waals surface area contributed by atoms with E-state index in [1.807, 2.05) is 17.0 Å². The third-order valence-corrected chi connectivity index (χ3v) is 6.30. The molecule has 2 N–H and O–H groups in total. The van der Waals surface area contributed by atoms with Crippen molar-refractivity contribution in [3.63, 3.8) is 0 Å². The number of pyridine rings is 1. The van der Waals surface area contributed by atoms with Gasteiger partial charge in [0.15, 0.2) is 0 Å². The molecule has 2 fully saturated rings. The minimum atomic E-state index is -0.368. The highest BCUT2D eigenvalue weighted by atomic mass is 16.5. The topological polar surface area (TPSA) is 83.9 Å². The Labute approximate surface area is 197 Å². The largest absolute Gasteiger partial charge is 0.394 e. The first-order valence-electron chi connectivity index (χ1n) is 12.0. The van der Waals surface area contributed by atoms with Crippen LogP contribution in [0.2, 0.25) is 0 Å². The van der Waals surface area contributed by atoms with E-state index in [0.717, 1.165) is 55.2 Å². The number of carbonyl (C=O) groups excluding carboxylic acids is 1. The van der Waals surface area contributed by atoms with Crippen molar-refractivity contribution in [2.24, 2.45) is 5.92 Å². The van der Waals surface area contributed by atoms with E-state index in [1.54, 1.807) is 20.0 Å². The van der Waals surface area contributed by atoms with Crippen LogP contribution in [0.15, 0.2) is 36.5 Å². The van der Waals surface area contributed by atoms with Crippen molar-refractivity contribution in [2.45, 2.75) is 64.7 Å². The first kappa shape index (κ1) is 23.7. The zero-order valence-electron chi connectivity index (χ0n) is 19.8. The number of nitrogens with one attached hydrogen (secondary N) is 1. The van der Waals surface area contributed by atoms with Crippen LogP contribution in [0.3, 0.4) is 0 Å². The van der Waals surface area contributed by atoms with E-state index < -0.39 is 0 Å². The van der Waals surface area contributed by atoms with Gasteiger partial charge >= 0.3 is 0 Å². The lowest BCUT2D eigenvalue weighted by atomic mass is 9.89. The van der Waals surface area contributed by atoms with Gasteiger partial charge < -0.3 is 24.8 Å². The van der Waals surface area contributed by atoms with Crippen LogP contribution in [-0.2, 0) is 20.8 Å². The third kappa shape index (κ3) is 5.54. The van der Waals surface area contributed by atoms with Gasteiger partial charge in [0.25, 0.3) is 5.91 Å². The summed E-state index contributed by atoms with van der Waals surface area (Å²) < 4.78 is 11.5. The summed E-state index contributed by atoms with van der Waals surface area (Å²) in [6.07, 6.45) is 4.08. The van der Waals surface area contributed by atoms with E-state index in [9.17, 15) is 4.79 Å². The van der Waals surface area contributed by atoms with Gasteiger partial charge in [-0.05, 0) is 62.8 Å². The molecule has 33 heavy (non-hydrogen) atoms. The quantitative estimate of drug-likeness (QED) is 0.687. The molecule has 5 rings (SSSR count). The molecule has 0 radical (unpaired) electrons. The number of benzene rings is 1. The average Bonchev–Trinajstić information content (AvgIpc) is 3.16. The highest BCUT2D eigenvalue weighted by Gasteiger charge is 2.33. The SMILES string of the molecule is CC(C)O.C[C@H]1COC[C@H]1c1ccc2c(c1)N(C(=O)[C@H]1CCCCO1)Cc1cccnc1N2.[HH]. The zero-order valence-corrected chi connectivity index (χ0v) is 19.8. The summed E-state index contributed by atoms with van der Waals surface area (Å²) in [6.45, 7) is 8.33. The van der Waals surface area contributed by atoms with Crippen LogP contribution in [-0.4, -0.2) is 48.0 Å². The second-order valence-electron chi connectivity index (χ2n) is 9.41. The Kier molecular flexibility index (Phi) is 7.63. The summed E-state index contributed by atoms with van der Waals surface area (Å²) in [5.74, 6) is 1.67. The fraction of sp³-hybridized carbons (Fsp3) is 0.538. The normalized spacial score (nSPS) is 24.2. The number of hydrogen-bond acceptors (Lipinski definition) is 6. The maximum absolute atomic E-state index is 13.5. The van der Waals surface area contributed by atoms with Gasteiger partial charge in [0, 0.05) is 38.4 Å². The van der Waals surface area contributed by atoms with Crippen LogP contribution in [0, 0.1) is 5.92 Å². The third-order valence-electron chi connectivity index (χ3n) is 6.30. The number of aromatic nitrogens is 1. The molecule has 0 saturated carbocycles. The van der Waals surface area contributed by atoms with Crippen LogP contribution >= 0.6 is 0 Å². The lowest BCUT2D eigenvalue weighted by Crippen LogP contribution is -2.41. The number of hydrogen-bond donors (Lipinski definition) is 2. The molecule has 2 saturated heterocycles. The molecule has 3 aliphatic rings. The molecular formula is C26H37N3O4. The van der Waals surface area contributed by atoms with Crippen LogP contribution in [0.5, 0.6) is 0 Å². The Hall–Kier alpha value is -2.48. The Morgan fingerprint density at radius 2 is 2.09 bits per heavy atom. The van der Waals surface area contributed by atoms with E-state index in [4.69, 9.17) is 14.6 Å². The van der Waals surface area contributed by atoms with Crippen LogP contribution in [0.25, 0.3) is 0 Å². The van der Waals surface area contributed by atoms with Crippen molar-refractivity contribution in [3.8, 4) is 0 Å². The molecule has 1 amide bonds. The molecule has 3 aliphatic heterocycles. The van der Waals surface area contributed by atoms with E-state index in [-0.39, 0.29) is 19.5 Å². The molecule has 0 aliphatic carbocycles. The average molecular weight is 456 g/mol. The zero-order chi connectivity index (χ0) is 23.4. The minimum absolute atomic E-state index is 0. The van der Waals surface area contributed by atoms with Crippen LogP contribution in [0.1, 0.15) is 58.5 Å². The molecule has 0 spiro atoms. The number of amides is 1. The van der Waals surface area contributed by atoms with Crippen molar-refractivity contribution >= 4 is 23.1 Å². The highest BCUT2D eigenvalue weighted by molar-refractivity contribution is 6.01. The fourth-order valence-electron chi connectivity index (χ4n) is 4.56. The van der Waals surface area contributed by atoms with Crippen molar-refractivity contribution < 1.29 is 20.8 Å². The Morgan fingerprint density at radius 1 is 1.27 bits per heavy atom. The summed E-state index contributed by atoms with van der Waals surface area (Å²) in [6, 6.07) is 10.3. The fourth-order valence-corrected chi connectivity index (χ4v) is 4.56.